The molecule has 0 fully saturated rings. The molecule has 0 bridgehead atoms. The van der Waals surface area contributed by atoms with E-state index in [1.807, 2.05) is 55.6 Å². The summed E-state index contributed by atoms with van der Waals surface area (Å²) in [4.78, 5) is 19.7. The molecule has 2 aromatic carbocycles. The smallest absolute Gasteiger partial charge is 0.278 e. The molecule has 136 valence electrons. The maximum atomic E-state index is 13.2. The second-order valence-corrected chi connectivity index (χ2v) is 7.41. The molecule has 27 heavy (non-hydrogen) atoms. The van der Waals surface area contributed by atoms with Crippen molar-refractivity contribution < 1.29 is 4.79 Å². The van der Waals surface area contributed by atoms with E-state index in [0.29, 0.717) is 17.4 Å². The van der Waals surface area contributed by atoms with E-state index < -0.39 is 0 Å². The molecule has 0 spiro atoms. The van der Waals surface area contributed by atoms with Gasteiger partial charge < -0.3 is 0 Å². The molecule has 5 nitrogen and oxygen atoms in total. The van der Waals surface area contributed by atoms with Crippen LogP contribution in [0, 0.1) is 6.92 Å². The highest BCUT2D eigenvalue weighted by Crippen LogP contribution is 2.31. The van der Waals surface area contributed by atoms with Gasteiger partial charge in [0.25, 0.3) is 5.91 Å². The molecule has 4 rings (SSSR count). The molecule has 0 N–H and O–H groups in total. The molecule has 1 amide bonds. The third-order valence-electron chi connectivity index (χ3n) is 4.38. The Bertz CT molecular complexity index is 1080. The molecule has 2 heterocycles. The van der Waals surface area contributed by atoms with Crippen LogP contribution in [0.3, 0.4) is 0 Å². The third-order valence-corrected chi connectivity index (χ3v) is 5.42. The van der Waals surface area contributed by atoms with Gasteiger partial charge in [0.2, 0.25) is 0 Å². The highest BCUT2D eigenvalue weighted by molar-refractivity contribution is 7.22. The van der Waals surface area contributed by atoms with Crippen LogP contribution in [0.4, 0.5) is 5.13 Å². The standard InChI is InChI=1S/C21H20N4OS/c1-3-24-12-11-18(23-24)20(26)25(14-16-7-5-4-6-8-16)21-22-17-10-9-15(2)13-19(17)27-21/h4-13H,3,14H2,1-2H3. The number of thiazole rings is 1. The lowest BCUT2D eigenvalue weighted by Crippen LogP contribution is -2.30. The van der Waals surface area contributed by atoms with Gasteiger partial charge in [-0.15, -0.1) is 0 Å². The number of hydrogen-bond acceptors (Lipinski definition) is 4. The van der Waals surface area contributed by atoms with E-state index >= 15 is 0 Å². The molecule has 0 radical (unpaired) electrons. The largest absolute Gasteiger partial charge is 0.280 e. The molecule has 0 aliphatic rings. The van der Waals surface area contributed by atoms with Gasteiger partial charge in [0.05, 0.1) is 16.8 Å². The summed E-state index contributed by atoms with van der Waals surface area (Å²) in [6, 6.07) is 17.9. The Morgan fingerprint density at radius 2 is 1.96 bits per heavy atom. The Balaban J connectivity index is 1.75. The van der Waals surface area contributed by atoms with Crippen molar-refractivity contribution in [2.24, 2.45) is 0 Å². The predicted molar refractivity (Wildman–Crippen MR) is 109 cm³/mol. The number of rotatable bonds is 5. The lowest BCUT2D eigenvalue weighted by atomic mass is 10.2. The highest BCUT2D eigenvalue weighted by Gasteiger charge is 2.23. The number of hydrogen-bond donors (Lipinski definition) is 0. The summed E-state index contributed by atoms with van der Waals surface area (Å²) >= 11 is 1.53. The van der Waals surface area contributed by atoms with Crippen molar-refractivity contribution in [2.75, 3.05) is 4.90 Å². The second kappa shape index (κ2) is 7.32. The van der Waals surface area contributed by atoms with E-state index in [4.69, 9.17) is 4.98 Å². The SMILES string of the molecule is CCn1ccc(C(=O)N(Cc2ccccc2)c2nc3ccc(C)cc3s2)n1. The van der Waals surface area contributed by atoms with E-state index in [1.165, 1.54) is 16.9 Å². The molecule has 2 aromatic heterocycles. The Hall–Kier alpha value is -2.99. The van der Waals surface area contributed by atoms with Crippen LogP contribution < -0.4 is 4.90 Å². The summed E-state index contributed by atoms with van der Waals surface area (Å²) in [5.41, 5.74) is 3.57. The van der Waals surface area contributed by atoms with Gasteiger partial charge in [0.15, 0.2) is 10.8 Å². The van der Waals surface area contributed by atoms with Crippen LogP contribution in [0.1, 0.15) is 28.5 Å². The fourth-order valence-electron chi connectivity index (χ4n) is 2.92. The van der Waals surface area contributed by atoms with Crippen molar-refractivity contribution in [3.8, 4) is 0 Å². The summed E-state index contributed by atoms with van der Waals surface area (Å²) in [6.07, 6.45) is 1.83. The number of aromatic nitrogens is 3. The molecule has 0 saturated heterocycles. The number of anilines is 1. The van der Waals surface area contributed by atoms with Crippen molar-refractivity contribution in [1.29, 1.82) is 0 Å². The van der Waals surface area contributed by atoms with Crippen LogP contribution in [0.25, 0.3) is 10.2 Å². The quantitative estimate of drug-likeness (QED) is 0.509. The fourth-order valence-corrected chi connectivity index (χ4v) is 3.98. The summed E-state index contributed by atoms with van der Waals surface area (Å²) in [6.45, 7) is 5.24. The van der Waals surface area contributed by atoms with Crippen molar-refractivity contribution in [3.63, 3.8) is 0 Å². The van der Waals surface area contributed by atoms with E-state index in [-0.39, 0.29) is 5.91 Å². The third kappa shape index (κ3) is 3.61. The van der Waals surface area contributed by atoms with Crippen LogP contribution >= 0.6 is 11.3 Å². The first-order chi connectivity index (χ1) is 13.1. The minimum absolute atomic E-state index is 0.137. The Kier molecular flexibility index (Phi) is 4.73. The van der Waals surface area contributed by atoms with E-state index in [2.05, 4.69) is 18.1 Å². The van der Waals surface area contributed by atoms with Gasteiger partial charge in [-0.25, -0.2) is 4.98 Å². The van der Waals surface area contributed by atoms with Crippen LogP contribution in [0.15, 0.2) is 60.8 Å². The van der Waals surface area contributed by atoms with Crippen molar-refractivity contribution in [3.05, 3.63) is 77.6 Å². The molecular formula is C21H20N4OS. The number of carbonyl (C=O) groups is 1. The lowest BCUT2D eigenvalue weighted by molar-refractivity contribution is 0.0979. The zero-order valence-electron chi connectivity index (χ0n) is 15.3. The minimum atomic E-state index is -0.137. The van der Waals surface area contributed by atoms with Crippen LogP contribution in [-0.2, 0) is 13.1 Å². The first-order valence-electron chi connectivity index (χ1n) is 8.90. The van der Waals surface area contributed by atoms with Crippen molar-refractivity contribution >= 4 is 32.6 Å². The zero-order valence-corrected chi connectivity index (χ0v) is 16.1. The molecule has 4 aromatic rings. The Morgan fingerprint density at radius 3 is 2.70 bits per heavy atom. The normalized spacial score (nSPS) is 11.0. The number of amides is 1. The number of fused-ring (bicyclic) bond motifs is 1. The molecule has 6 heteroatoms. The first kappa shape index (κ1) is 17.4. The monoisotopic (exact) mass is 376 g/mol. The molecule has 0 aliphatic heterocycles. The first-order valence-corrected chi connectivity index (χ1v) is 9.72. The molecule has 0 saturated carbocycles. The summed E-state index contributed by atoms with van der Waals surface area (Å²) in [5.74, 6) is -0.137. The van der Waals surface area contributed by atoms with Gasteiger partial charge in [-0.1, -0.05) is 47.7 Å². The van der Waals surface area contributed by atoms with Crippen molar-refractivity contribution in [2.45, 2.75) is 26.9 Å². The Labute approximate surface area is 161 Å². The van der Waals surface area contributed by atoms with Gasteiger partial charge in [-0.05, 0) is 43.2 Å². The van der Waals surface area contributed by atoms with Gasteiger partial charge in [-0.3, -0.25) is 14.4 Å². The van der Waals surface area contributed by atoms with Gasteiger partial charge in [0, 0.05) is 12.7 Å². The van der Waals surface area contributed by atoms with Gasteiger partial charge in [-0.2, -0.15) is 5.10 Å². The second-order valence-electron chi connectivity index (χ2n) is 6.40. The topological polar surface area (TPSA) is 51.0 Å². The summed E-state index contributed by atoms with van der Waals surface area (Å²) in [5, 5.41) is 5.08. The molecule has 0 aliphatic carbocycles. The lowest BCUT2D eigenvalue weighted by Gasteiger charge is -2.19. The number of nitrogens with zero attached hydrogens (tertiary/aromatic N) is 4. The van der Waals surface area contributed by atoms with E-state index in [1.54, 1.807) is 15.6 Å². The average molecular weight is 376 g/mol. The fraction of sp³-hybridized carbons (Fsp3) is 0.190. The van der Waals surface area contributed by atoms with Gasteiger partial charge in [0.1, 0.15) is 0 Å². The summed E-state index contributed by atoms with van der Waals surface area (Å²) in [7, 11) is 0. The Morgan fingerprint density at radius 1 is 1.15 bits per heavy atom. The minimum Gasteiger partial charge on any atom is -0.278 e. The highest BCUT2D eigenvalue weighted by atomic mass is 32.1. The van der Waals surface area contributed by atoms with Crippen molar-refractivity contribution in [1.82, 2.24) is 14.8 Å². The average Bonchev–Trinajstić information content (AvgIpc) is 3.32. The summed E-state index contributed by atoms with van der Waals surface area (Å²) < 4.78 is 2.84. The maximum absolute atomic E-state index is 13.2. The van der Waals surface area contributed by atoms with Crippen LogP contribution in [0.2, 0.25) is 0 Å². The molecule has 0 unspecified atom stereocenters. The number of carbonyl (C=O) groups excluding carboxylic acids is 1. The van der Waals surface area contributed by atoms with E-state index in [9.17, 15) is 4.79 Å². The van der Waals surface area contributed by atoms with E-state index in [0.717, 1.165) is 22.3 Å². The van der Waals surface area contributed by atoms with Crippen LogP contribution in [-0.4, -0.2) is 20.7 Å². The zero-order chi connectivity index (χ0) is 18.8. The number of benzene rings is 2. The number of aryl methyl sites for hydroxylation is 2. The molecular weight excluding hydrogens is 356 g/mol. The molecule has 0 atom stereocenters. The predicted octanol–water partition coefficient (Wildman–Crippen LogP) is 4.67. The maximum Gasteiger partial charge on any atom is 0.280 e. The van der Waals surface area contributed by atoms with Gasteiger partial charge >= 0.3 is 0 Å². The van der Waals surface area contributed by atoms with Crippen LogP contribution in [0.5, 0.6) is 0 Å².